The van der Waals surface area contributed by atoms with Gasteiger partial charge in [-0.15, -0.1) is 0 Å². The van der Waals surface area contributed by atoms with Gasteiger partial charge in [-0.05, 0) is 56.2 Å². The number of nitriles is 1. The number of benzene rings is 2. The first-order valence-corrected chi connectivity index (χ1v) is 10.7. The Morgan fingerprint density at radius 2 is 1.93 bits per heavy atom. The minimum Gasteiger partial charge on any atom is -0.344 e. The molecule has 0 unspecified atom stereocenters. The van der Waals surface area contributed by atoms with Crippen LogP contribution >= 0.6 is 11.6 Å². The van der Waals surface area contributed by atoms with Crippen molar-refractivity contribution in [1.82, 2.24) is 4.57 Å². The Hall–Kier alpha value is -2.49. The fourth-order valence-electron chi connectivity index (χ4n) is 3.23. The second-order valence-electron chi connectivity index (χ2n) is 6.91. The summed E-state index contributed by atoms with van der Waals surface area (Å²) in [6.45, 7) is 6.00. The van der Waals surface area contributed by atoms with E-state index in [1.165, 1.54) is 0 Å². The minimum atomic E-state index is -3.35. The fourth-order valence-corrected chi connectivity index (χ4v) is 4.09. The minimum absolute atomic E-state index is 0.185. The van der Waals surface area contributed by atoms with Crippen LogP contribution < -0.4 is 4.72 Å². The lowest BCUT2D eigenvalue weighted by Gasteiger charge is -2.10. The van der Waals surface area contributed by atoms with Gasteiger partial charge in [0.25, 0.3) is 0 Å². The van der Waals surface area contributed by atoms with Crippen LogP contribution in [0.4, 0.5) is 5.69 Å². The number of aryl methyl sites for hydroxylation is 1. The molecule has 0 radical (unpaired) electrons. The Labute approximate surface area is 164 Å². The highest BCUT2D eigenvalue weighted by molar-refractivity contribution is 7.92. The number of nitrogens with zero attached hydrogens (tertiary/aromatic N) is 2. The normalized spacial score (nSPS) is 11.7. The van der Waals surface area contributed by atoms with Crippen molar-refractivity contribution >= 4 is 38.2 Å². The number of anilines is 1. The monoisotopic (exact) mass is 401 g/mol. The summed E-state index contributed by atoms with van der Waals surface area (Å²) >= 11 is 6.30. The Kier molecular flexibility index (Phi) is 4.94. The third kappa shape index (κ3) is 3.80. The van der Waals surface area contributed by atoms with Crippen LogP contribution in [0.2, 0.25) is 5.02 Å². The topological polar surface area (TPSA) is 74.9 Å². The molecule has 1 aromatic heterocycles. The Bertz CT molecular complexity index is 1160. The molecule has 0 atom stereocenters. The summed E-state index contributed by atoms with van der Waals surface area (Å²) in [5.74, 6) is 0. The van der Waals surface area contributed by atoms with E-state index < -0.39 is 10.0 Å². The van der Waals surface area contributed by atoms with Crippen molar-refractivity contribution in [2.75, 3.05) is 11.0 Å². The molecule has 0 aliphatic heterocycles. The summed E-state index contributed by atoms with van der Waals surface area (Å²) in [5.41, 5.74) is 4.65. The first-order valence-electron chi connectivity index (χ1n) is 8.43. The summed E-state index contributed by atoms with van der Waals surface area (Å²) in [4.78, 5) is 0. The molecule has 3 aromatic rings. The van der Waals surface area contributed by atoms with E-state index in [0.717, 1.165) is 33.8 Å². The maximum atomic E-state index is 11.6. The molecule has 7 heteroatoms. The number of sulfonamides is 1. The Morgan fingerprint density at radius 3 is 2.48 bits per heavy atom. The second-order valence-corrected chi connectivity index (χ2v) is 9.07. The van der Waals surface area contributed by atoms with Gasteiger partial charge < -0.3 is 4.57 Å². The number of hydrogen-bond acceptors (Lipinski definition) is 3. The van der Waals surface area contributed by atoms with Gasteiger partial charge in [-0.1, -0.05) is 17.7 Å². The van der Waals surface area contributed by atoms with Gasteiger partial charge in [0.05, 0.1) is 28.0 Å². The zero-order valence-electron chi connectivity index (χ0n) is 15.5. The molecule has 3 rings (SSSR count). The molecule has 1 heterocycles. The van der Waals surface area contributed by atoms with Crippen molar-refractivity contribution in [2.45, 2.75) is 26.8 Å². The number of nitrogens with one attached hydrogen (secondary N) is 1. The predicted octanol–water partition coefficient (Wildman–Crippen LogP) is 5.09. The molecule has 0 aliphatic carbocycles. The molecule has 0 fully saturated rings. The average molecular weight is 402 g/mol. The predicted molar refractivity (Wildman–Crippen MR) is 111 cm³/mol. The van der Waals surface area contributed by atoms with Crippen LogP contribution in [0.1, 0.15) is 31.0 Å². The van der Waals surface area contributed by atoms with E-state index in [0.29, 0.717) is 16.3 Å². The molecule has 0 bridgehead atoms. The highest BCUT2D eigenvalue weighted by Gasteiger charge is 2.16. The molecule has 0 aliphatic rings. The lowest BCUT2D eigenvalue weighted by atomic mass is 9.99. The zero-order valence-corrected chi connectivity index (χ0v) is 17.1. The molecule has 2 aromatic carbocycles. The summed E-state index contributed by atoms with van der Waals surface area (Å²) in [5, 5.41) is 10.7. The number of aromatic nitrogens is 1. The van der Waals surface area contributed by atoms with E-state index in [1.54, 1.807) is 12.1 Å². The maximum Gasteiger partial charge on any atom is 0.229 e. The summed E-state index contributed by atoms with van der Waals surface area (Å²) in [6, 6.07) is 11.5. The molecule has 1 N–H and O–H groups in total. The van der Waals surface area contributed by atoms with Gasteiger partial charge in [0.15, 0.2) is 0 Å². The van der Waals surface area contributed by atoms with Gasteiger partial charge in [-0.3, -0.25) is 4.72 Å². The van der Waals surface area contributed by atoms with Gasteiger partial charge in [-0.2, -0.15) is 5.26 Å². The number of halogens is 1. The first kappa shape index (κ1) is 19.3. The fraction of sp³-hybridized carbons (Fsp3) is 0.250. The summed E-state index contributed by atoms with van der Waals surface area (Å²) in [7, 11) is -3.35. The SMILES string of the molecule is Cc1cc(-c2cn(C(C)C)c3cc(NS(C)(=O)=O)ccc23)cc(Cl)c1C#N. The highest BCUT2D eigenvalue weighted by atomic mass is 35.5. The number of hydrogen-bond donors (Lipinski definition) is 1. The molecular weight excluding hydrogens is 382 g/mol. The van der Waals surface area contributed by atoms with E-state index in [9.17, 15) is 13.7 Å². The smallest absolute Gasteiger partial charge is 0.229 e. The van der Waals surface area contributed by atoms with Crippen molar-refractivity contribution in [1.29, 1.82) is 5.26 Å². The number of fused-ring (bicyclic) bond motifs is 1. The third-order valence-electron chi connectivity index (χ3n) is 4.40. The molecule has 140 valence electrons. The van der Waals surface area contributed by atoms with Crippen molar-refractivity contribution < 1.29 is 8.42 Å². The maximum absolute atomic E-state index is 11.6. The van der Waals surface area contributed by atoms with E-state index >= 15 is 0 Å². The highest BCUT2D eigenvalue weighted by Crippen LogP contribution is 2.36. The van der Waals surface area contributed by atoms with Gasteiger partial charge in [0, 0.05) is 23.2 Å². The van der Waals surface area contributed by atoms with Crippen LogP contribution in [0.25, 0.3) is 22.0 Å². The van der Waals surface area contributed by atoms with E-state index in [-0.39, 0.29) is 6.04 Å². The number of rotatable bonds is 4. The zero-order chi connectivity index (χ0) is 19.9. The van der Waals surface area contributed by atoms with Crippen molar-refractivity contribution in [3.8, 4) is 17.2 Å². The molecule has 0 saturated carbocycles. The average Bonchev–Trinajstić information content (AvgIpc) is 2.92. The van der Waals surface area contributed by atoms with E-state index in [1.807, 2.05) is 31.3 Å². The van der Waals surface area contributed by atoms with Crippen LogP contribution in [0, 0.1) is 18.3 Å². The molecule has 5 nitrogen and oxygen atoms in total. The molecular formula is C20H20ClN3O2S. The van der Waals surface area contributed by atoms with Crippen molar-refractivity contribution in [2.24, 2.45) is 0 Å². The Morgan fingerprint density at radius 1 is 1.22 bits per heavy atom. The summed E-state index contributed by atoms with van der Waals surface area (Å²) in [6.07, 6.45) is 3.17. The van der Waals surface area contributed by atoms with E-state index in [4.69, 9.17) is 11.6 Å². The van der Waals surface area contributed by atoms with Crippen LogP contribution in [-0.2, 0) is 10.0 Å². The van der Waals surface area contributed by atoms with Crippen LogP contribution in [0.5, 0.6) is 0 Å². The largest absolute Gasteiger partial charge is 0.344 e. The lowest BCUT2D eigenvalue weighted by molar-refractivity contribution is 0.607. The quantitative estimate of drug-likeness (QED) is 0.661. The second kappa shape index (κ2) is 6.91. The van der Waals surface area contributed by atoms with Crippen LogP contribution in [0.15, 0.2) is 36.5 Å². The summed E-state index contributed by atoms with van der Waals surface area (Å²) < 4.78 is 27.7. The Balaban J connectivity index is 2.25. The standard InChI is InChI=1S/C20H20ClN3O2S/c1-12(2)24-11-18(14-7-13(3)17(10-22)19(21)8-14)16-6-5-15(9-20(16)24)23-27(4,25)26/h5-9,11-12,23H,1-4H3. The van der Waals surface area contributed by atoms with E-state index in [2.05, 4.69) is 29.2 Å². The first-order chi connectivity index (χ1) is 12.6. The molecule has 0 saturated heterocycles. The van der Waals surface area contributed by atoms with Gasteiger partial charge in [-0.25, -0.2) is 8.42 Å². The van der Waals surface area contributed by atoms with Crippen molar-refractivity contribution in [3.05, 3.63) is 52.7 Å². The third-order valence-corrected chi connectivity index (χ3v) is 5.31. The lowest BCUT2D eigenvalue weighted by Crippen LogP contribution is -2.09. The van der Waals surface area contributed by atoms with Gasteiger partial charge >= 0.3 is 0 Å². The molecule has 0 amide bonds. The van der Waals surface area contributed by atoms with Crippen LogP contribution in [-0.4, -0.2) is 19.2 Å². The van der Waals surface area contributed by atoms with Crippen molar-refractivity contribution in [3.63, 3.8) is 0 Å². The molecule has 0 spiro atoms. The van der Waals surface area contributed by atoms with Gasteiger partial charge in [0.1, 0.15) is 6.07 Å². The van der Waals surface area contributed by atoms with Gasteiger partial charge in [0.2, 0.25) is 10.0 Å². The molecule has 27 heavy (non-hydrogen) atoms. The van der Waals surface area contributed by atoms with Crippen LogP contribution in [0.3, 0.4) is 0 Å².